The molecule has 4 heteroatoms. The number of nitrogens with zero attached hydrogens (tertiary/aromatic N) is 1. The van der Waals surface area contributed by atoms with Crippen LogP contribution >= 0.6 is 11.3 Å². The second-order valence-corrected chi connectivity index (χ2v) is 4.69. The number of aromatic nitrogens is 1. The van der Waals surface area contributed by atoms with E-state index in [4.69, 9.17) is 5.11 Å². The SMILES string of the molecule is Cc1cc(/C=C/c2ccc(C(=O)O)s2)ccn1. The summed E-state index contributed by atoms with van der Waals surface area (Å²) in [6, 6.07) is 7.31. The Morgan fingerprint density at radius 3 is 2.82 bits per heavy atom. The number of rotatable bonds is 3. The van der Waals surface area contributed by atoms with Crippen molar-refractivity contribution in [3.63, 3.8) is 0 Å². The van der Waals surface area contributed by atoms with E-state index in [1.54, 1.807) is 18.3 Å². The topological polar surface area (TPSA) is 50.2 Å². The van der Waals surface area contributed by atoms with Crippen molar-refractivity contribution in [2.45, 2.75) is 6.92 Å². The van der Waals surface area contributed by atoms with Gasteiger partial charge < -0.3 is 5.11 Å². The number of carboxylic acid groups (broad SMARTS) is 1. The van der Waals surface area contributed by atoms with E-state index in [0.717, 1.165) is 16.1 Å². The number of carbonyl (C=O) groups is 1. The predicted octanol–water partition coefficient (Wildman–Crippen LogP) is 3.32. The van der Waals surface area contributed by atoms with Crippen LogP contribution in [0, 0.1) is 6.92 Å². The smallest absolute Gasteiger partial charge is 0.345 e. The van der Waals surface area contributed by atoms with Gasteiger partial charge >= 0.3 is 5.97 Å². The van der Waals surface area contributed by atoms with Gasteiger partial charge in [0.15, 0.2) is 0 Å². The summed E-state index contributed by atoms with van der Waals surface area (Å²) in [5.74, 6) is -0.880. The molecule has 0 fully saturated rings. The number of aryl methyl sites for hydroxylation is 1. The number of thiophene rings is 1. The summed E-state index contributed by atoms with van der Waals surface area (Å²) in [5, 5.41) is 8.80. The van der Waals surface area contributed by atoms with Crippen molar-refractivity contribution < 1.29 is 9.90 Å². The van der Waals surface area contributed by atoms with E-state index < -0.39 is 5.97 Å². The Labute approximate surface area is 103 Å². The van der Waals surface area contributed by atoms with Crippen molar-refractivity contribution in [1.29, 1.82) is 0 Å². The number of carboxylic acids is 1. The van der Waals surface area contributed by atoms with E-state index in [1.807, 2.05) is 31.2 Å². The van der Waals surface area contributed by atoms with Gasteiger partial charge in [0.2, 0.25) is 0 Å². The van der Waals surface area contributed by atoms with Crippen molar-refractivity contribution in [3.05, 3.63) is 51.5 Å². The number of pyridine rings is 1. The fourth-order valence-electron chi connectivity index (χ4n) is 1.41. The predicted molar refractivity (Wildman–Crippen MR) is 69.2 cm³/mol. The lowest BCUT2D eigenvalue weighted by Gasteiger charge is -1.93. The quantitative estimate of drug-likeness (QED) is 0.902. The Bertz CT molecular complexity index is 572. The van der Waals surface area contributed by atoms with Gasteiger partial charge in [-0.25, -0.2) is 4.79 Å². The van der Waals surface area contributed by atoms with Crippen molar-refractivity contribution in [1.82, 2.24) is 4.98 Å². The largest absolute Gasteiger partial charge is 0.477 e. The molecule has 86 valence electrons. The van der Waals surface area contributed by atoms with E-state index in [9.17, 15) is 4.79 Å². The molecule has 0 spiro atoms. The maximum Gasteiger partial charge on any atom is 0.345 e. The van der Waals surface area contributed by atoms with Crippen LogP contribution in [0.5, 0.6) is 0 Å². The van der Waals surface area contributed by atoms with E-state index in [2.05, 4.69) is 4.98 Å². The van der Waals surface area contributed by atoms with Gasteiger partial charge in [0, 0.05) is 16.8 Å². The molecule has 3 nitrogen and oxygen atoms in total. The van der Waals surface area contributed by atoms with Crippen LogP contribution in [0.4, 0.5) is 0 Å². The zero-order valence-electron chi connectivity index (χ0n) is 9.25. The third-order valence-electron chi connectivity index (χ3n) is 2.20. The molecule has 2 aromatic rings. The standard InChI is InChI=1S/C13H11NO2S/c1-9-8-10(6-7-14-9)2-3-11-4-5-12(17-11)13(15)16/h2-8H,1H3,(H,15,16)/b3-2+. The van der Waals surface area contributed by atoms with Crippen LogP contribution in [0.2, 0.25) is 0 Å². The van der Waals surface area contributed by atoms with Crippen molar-refractivity contribution >= 4 is 29.5 Å². The zero-order valence-corrected chi connectivity index (χ0v) is 10.1. The van der Waals surface area contributed by atoms with Crippen molar-refractivity contribution in [3.8, 4) is 0 Å². The van der Waals surface area contributed by atoms with Gasteiger partial charge in [-0.15, -0.1) is 11.3 Å². The first-order valence-electron chi connectivity index (χ1n) is 5.09. The van der Waals surface area contributed by atoms with Crippen molar-refractivity contribution in [2.24, 2.45) is 0 Å². The molecule has 0 aliphatic heterocycles. The number of hydrogen-bond acceptors (Lipinski definition) is 3. The van der Waals surface area contributed by atoms with Crippen LogP contribution in [0.15, 0.2) is 30.5 Å². The highest BCUT2D eigenvalue weighted by molar-refractivity contribution is 7.14. The van der Waals surface area contributed by atoms with Gasteiger partial charge in [0.25, 0.3) is 0 Å². The Balaban J connectivity index is 2.17. The summed E-state index contributed by atoms with van der Waals surface area (Å²) in [5.41, 5.74) is 2.02. The van der Waals surface area contributed by atoms with Crippen LogP contribution in [-0.2, 0) is 0 Å². The summed E-state index contributed by atoms with van der Waals surface area (Å²) < 4.78 is 0. The van der Waals surface area contributed by atoms with Gasteiger partial charge in [0.05, 0.1) is 0 Å². The molecule has 0 aliphatic carbocycles. The minimum Gasteiger partial charge on any atom is -0.477 e. The highest BCUT2D eigenvalue weighted by atomic mass is 32.1. The summed E-state index contributed by atoms with van der Waals surface area (Å²) in [7, 11) is 0. The number of hydrogen-bond donors (Lipinski definition) is 1. The summed E-state index contributed by atoms with van der Waals surface area (Å²) in [6.07, 6.45) is 5.62. The molecule has 2 aromatic heterocycles. The van der Waals surface area contributed by atoms with Crippen LogP contribution < -0.4 is 0 Å². The highest BCUT2D eigenvalue weighted by Gasteiger charge is 2.04. The molecule has 2 rings (SSSR count). The van der Waals surface area contributed by atoms with Crippen LogP contribution in [0.3, 0.4) is 0 Å². The Kier molecular flexibility index (Phi) is 3.35. The maximum atomic E-state index is 10.7. The average Bonchev–Trinajstić information content (AvgIpc) is 2.75. The molecule has 0 aliphatic rings. The molecule has 17 heavy (non-hydrogen) atoms. The van der Waals surface area contributed by atoms with E-state index >= 15 is 0 Å². The monoisotopic (exact) mass is 245 g/mol. The maximum absolute atomic E-state index is 10.7. The average molecular weight is 245 g/mol. The molecule has 1 N–H and O–H groups in total. The molecular formula is C13H11NO2S. The van der Waals surface area contributed by atoms with E-state index in [-0.39, 0.29) is 0 Å². The van der Waals surface area contributed by atoms with Crippen LogP contribution in [0.1, 0.15) is 25.8 Å². The molecular weight excluding hydrogens is 234 g/mol. The summed E-state index contributed by atoms with van der Waals surface area (Å²) >= 11 is 1.26. The molecule has 0 atom stereocenters. The lowest BCUT2D eigenvalue weighted by molar-refractivity contribution is 0.0702. The van der Waals surface area contributed by atoms with Gasteiger partial charge in [-0.2, -0.15) is 0 Å². The van der Waals surface area contributed by atoms with Crippen LogP contribution in [-0.4, -0.2) is 16.1 Å². The molecule has 2 heterocycles. The molecule has 0 unspecified atom stereocenters. The minimum absolute atomic E-state index is 0.357. The third kappa shape index (κ3) is 3.01. The normalized spacial score (nSPS) is 10.9. The molecule has 0 radical (unpaired) electrons. The van der Waals surface area contributed by atoms with Gasteiger partial charge in [-0.05, 0) is 42.8 Å². The summed E-state index contributed by atoms with van der Waals surface area (Å²) in [4.78, 5) is 16.1. The lowest BCUT2D eigenvalue weighted by atomic mass is 10.2. The molecule has 0 bridgehead atoms. The fraction of sp³-hybridized carbons (Fsp3) is 0.0769. The second kappa shape index (κ2) is 4.93. The lowest BCUT2D eigenvalue weighted by Crippen LogP contribution is -1.89. The van der Waals surface area contributed by atoms with Gasteiger partial charge in [-0.1, -0.05) is 6.08 Å². The van der Waals surface area contributed by atoms with E-state index in [0.29, 0.717) is 4.88 Å². The molecule has 0 saturated heterocycles. The van der Waals surface area contributed by atoms with Crippen LogP contribution in [0.25, 0.3) is 12.2 Å². The first-order valence-corrected chi connectivity index (χ1v) is 5.91. The number of aromatic carboxylic acids is 1. The highest BCUT2D eigenvalue weighted by Crippen LogP contribution is 2.19. The van der Waals surface area contributed by atoms with Gasteiger partial charge in [-0.3, -0.25) is 4.98 Å². The zero-order chi connectivity index (χ0) is 12.3. The molecule has 0 saturated carbocycles. The molecule has 0 amide bonds. The first kappa shape index (κ1) is 11.5. The minimum atomic E-state index is -0.880. The Morgan fingerprint density at radius 1 is 1.35 bits per heavy atom. The molecule has 0 aromatic carbocycles. The summed E-state index contributed by atoms with van der Waals surface area (Å²) in [6.45, 7) is 1.94. The third-order valence-corrected chi connectivity index (χ3v) is 3.24. The Morgan fingerprint density at radius 2 is 2.18 bits per heavy atom. The van der Waals surface area contributed by atoms with Gasteiger partial charge in [0.1, 0.15) is 4.88 Å². The Hall–Kier alpha value is -1.94. The second-order valence-electron chi connectivity index (χ2n) is 3.57. The van der Waals surface area contributed by atoms with E-state index in [1.165, 1.54) is 11.3 Å². The fourth-order valence-corrected chi connectivity index (χ4v) is 2.16. The van der Waals surface area contributed by atoms with Crippen molar-refractivity contribution in [2.75, 3.05) is 0 Å². The first-order chi connectivity index (χ1) is 8.15.